The molecule has 3 aromatic rings. The summed E-state index contributed by atoms with van der Waals surface area (Å²) in [7, 11) is 0. The summed E-state index contributed by atoms with van der Waals surface area (Å²) in [6.07, 6.45) is 10.5. The number of rotatable bonds is 10. The van der Waals surface area contributed by atoms with Crippen LogP contribution in [0.25, 0.3) is 0 Å². The SMILES string of the molecule is CCc1cc2c(cc1OC1CCCC(C)CC1)CC(C(=O)C(/C=N\C(C)c1ccc(Oc3ccccc3F)cc1C)=C\N)N2. The molecule has 1 fully saturated rings. The maximum Gasteiger partial charge on any atom is 0.188 e. The summed E-state index contributed by atoms with van der Waals surface area (Å²) in [6, 6.07) is 15.5. The maximum absolute atomic E-state index is 14.0. The van der Waals surface area contributed by atoms with Crippen molar-refractivity contribution in [1.29, 1.82) is 0 Å². The van der Waals surface area contributed by atoms with Crippen LogP contribution in [0.4, 0.5) is 10.1 Å². The second-order valence-electron chi connectivity index (χ2n) is 12.2. The molecule has 0 radical (unpaired) electrons. The van der Waals surface area contributed by atoms with Crippen LogP contribution in [0.15, 0.2) is 71.4 Å². The van der Waals surface area contributed by atoms with E-state index in [2.05, 4.69) is 36.3 Å². The number of para-hydroxylation sites is 1. The molecule has 4 unspecified atom stereocenters. The molecule has 1 aliphatic heterocycles. The molecule has 44 heavy (non-hydrogen) atoms. The summed E-state index contributed by atoms with van der Waals surface area (Å²) in [5, 5.41) is 3.43. The second kappa shape index (κ2) is 14.1. The van der Waals surface area contributed by atoms with Crippen LogP contribution in [0.2, 0.25) is 0 Å². The third-order valence-electron chi connectivity index (χ3n) is 8.89. The van der Waals surface area contributed by atoms with Gasteiger partial charge in [-0.05, 0) is 111 Å². The summed E-state index contributed by atoms with van der Waals surface area (Å²) in [6.45, 7) is 8.39. The first-order valence-corrected chi connectivity index (χ1v) is 15.9. The molecule has 2 aliphatic rings. The number of ketones is 1. The molecule has 3 N–H and O–H groups in total. The Morgan fingerprint density at radius 2 is 1.93 bits per heavy atom. The maximum atomic E-state index is 14.0. The highest BCUT2D eigenvalue weighted by Crippen LogP contribution is 2.36. The first kappa shape index (κ1) is 31.3. The standard InChI is InChI=1S/C37H44FN3O3/c1-5-26-18-33-27(20-36(26)43-29-10-8-9-23(2)13-14-29)19-34(41-33)37(42)28(21-39)22-40-25(4)31-16-15-30(17-24(31)3)44-35-12-7-6-11-32(35)38/h6-7,11-12,15-18,20-23,25,29,34,41H,5,8-10,13-14,19,39H2,1-4H3/b28-21-,40-22-. The molecule has 1 aliphatic carbocycles. The number of aryl methyl sites for hydroxylation is 2. The molecule has 6 nitrogen and oxygen atoms in total. The molecule has 0 aromatic heterocycles. The number of ether oxygens (including phenoxy) is 2. The average molecular weight is 598 g/mol. The van der Waals surface area contributed by atoms with E-state index in [4.69, 9.17) is 15.2 Å². The van der Waals surface area contributed by atoms with Crippen molar-refractivity contribution in [2.45, 2.75) is 90.8 Å². The Balaban J connectivity index is 1.23. The molecule has 5 rings (SSSR count). The van der Waals surface area contributed by atoms with E-state index in [1.54, 1.807) is 30.5 Å². The fourth-order valence-corrected chi connectivity index (χ4v) is 6.22. The zero-order chi connectivity index (χ0) is 31.2. The Morgan fingerprint density at radius 3 is 2.68 bits per heavy atom. The number of carbonyl (C=O) groups excluding carboxylic acids is 1. The van der Waals surface area contributed by atoms with Crippen LogP contribution < -0.4 is 20.5 Å². The number of fused-ring (bicyclic) bond motifs is 1. The van der Waals surface area contributed by atoms with E-state index in [0.717, 1.165) is 58.9 Å². The van der Waals surface area contributed by atoms with Gasteiger partial charge in [-0.1, -0.05) is 38.5 Å². The highest BCUT2D eigenvalue weighted by Gasteiger charge is 2.30. The number of benzene rings is 3. The Hall–Kier alpha value is -4.13. The van der Waals surface area contributed by atoms with E-state index in [-0.39, 0.29) is 23.7 Å². The van der Waals surface area contributed by atoms with Crippen molar-refractivity contribution in [2.75, 3.05) is 5.32 Å². The van der Waals surface area contributed by atoms with Crippen LogP contribution >= 0.6 is 0 Å². The minimum atomic E-state index is -0.420. The zero-order valence-corrected chi connectivity index (χ0v) is 26.2. The van der Waals surface area contributed by atoms with E-state index in [9.17, 15) is 9.18 Å². The molecule has 0 bridgehead atoms. The molecule has 1 heterocycles. The van der Waals surface area contributed by atoms with Crippen LogP contribution in [-0.2, 0) is 17.6 Å². The fourth-order valence-electron chi connectivity index (χ4n) is 6.22. The lowest BCUT2D eigenvalue weighted by molar-refractivity contribution is -0.115. The number of hydrogen-bond donors (Lipinski definition) is 2. The molecule has 4 atom stereocenters. The number of halogens is 1. The van der Waals surface area contributed by atoms with E-state index in [1.165, 1.54) is 31.5 Å². The topological polar surface area (TPSA) is 85.9 Å². The highest BCUT2D eigenvalue weighted by atomic mass is 19.1. The van der Waals surface area contributed by atoms with Gasteiger partial charge in [-0.2, -0.15) is 0 Å². The quantitative estimate of drug-likeness (QED) is 0.139. The van der Waals surface area contributed by atoms with Gasteiger partial charge in [0, 0.05) is 24.5 Å². The van der Waals surface area contributed by atoms with Crippen LogP contribution in [0.5, 0.6) is 17.2 Å². The van der Waals surface area contributed by atoms with Crippen molar-refractivity contribution in [3.05, 3.63) is 94.4 Å². The molecule has 0 saturated heterocycles. The van der Waals surface area contributed by atoms with Gasteiger partial charge in [-0.15, -0.1) is 0 Å². The molecule has 0 amide bonds. The Labute approximate surface area is 260 Å². The van der Waals surface area contributed by atoms with Crippen LogP contribution in [0.1, 0.15) is 81.2 Å². The van der Waals surface area contributed by atoms with Crippen LogP contribution in [0.3, 0.4) is 0 Å². The van der Waals surface area contributed by atoms with Crippen LogP contribution in [-0.4, -0.2) is 24.1 Å². The first-order valence-electron chi connectivity index (χ1n) is 15.9. The van der Waals surface area contributed by atoms with Gasteiger partial charge >= 0.3 is 0 Å². The summed E-state index contributed by atoms with van der Waals surface area (Å²) in [5.41, 5.74) is 11.4. The molecule has 3 aromatic carbocycles. The second-order valence-corrected chi connectivity index (χ2v) is 12.2. The number of carbonyl (C=O) groups is 1. The largest absolute Gasteiger partial charge is 0.490 e. The van der Waals surface area contributed by atoms with Crippen molar-refractivity contribution < 1.29 is 18.7 Å². The predicted octanol–water partition coefficient (Wildman–Crippen LogP) is 8.42. The van der Waals surface area contributed by atoms with Gasteiger partial charge in [0.15, 0.2) is 17.3 Å². The van der Waals surface area contributed by atoms with Gasteiger partial charge in [0.2, 0.25) is 0 Å². The Kier molecular flexibility index (Phi) is 10.0. The Morgan fingerprint density at radius 1 is 1.11 bits per heavy atom. The highest BCUT2D eigenvalue weighted by molar-refractivity contribution is 6.16. The minimum absolute atomic E-state index is 0.0942. The van der Waals surface area contributed by atoms with Gasteiger partial charge < -0.3 is 20.5 Å². The number of nitrogens with two attached hydrogens (primary N) is 1. The zero-order valence-electron chi connectivity index (χ0n) is 26.2. The molecule has 7 heteroatoms. The number of nitrogens with one attached hydrogen (secondary N) is 1. The molecule has 1 saturated carbocycles. The number of hydrogen-bond acceptors (Lipinski definition) is 6. The predicted molar refractivity (Wildman–Crippen MR) is 175 cm³/mol. The minimum Gasteiger partial charge on any atom is -0.490 e. The van der Waals surface area contributed by atoms with Crippen molar-refractivity contribution in [3.8, 4) is 17.2 Å². The van der Waals surface area contributed by atoms with Gasteiger partial charge in [0.1, 0.15) is 11.5 Å². The summed E-state index contributed by atoms with van der Waals surface area (Å²) >= 11 is 0. The number of nitrogens with zero attached hydrogens (tertiary/aromatic N) is 1. The summed E-state index contributed by atoms with van der Waals surface area (Å²) in [5.74, 6) is 1.92. The van der Waals surface area contributed by atoms with Crippen LogP contribution in [0, 0.1) is 18.7 Å². The molecular weight excluding hydrogens is 553 g/mol. The lowest BCUT2D eigenvalue weighted by atomic mass is 10.00. The molecule has 232 valence electrons. The number of anilines is 1. The summed E-state index contributed by atoms with van der Waals surface area (Å²) < 4.78 is 26.3. The van der Waals surface area contributed by atoms with E-state index in [0.29, 0.717) is 17.7 Å². The normalized spacial score (nSPS) is 20.9. The lowest BCUT2D eigenvalue weighted by Gasteiger charge is -2.20. The van der Waals surface area contributed by atoms with E-state index < -0.39 is 11.9 Å². The van der Waals surface area contributed by atoms with Crippen molar-refractivity contribution in [1.82, 2.24) is 0 Å². The van der Waals surface area contributed by atoms with Gasteiger partial charge in [0.05, 0.1) is 23.8 Å². The van der Waals surface area contributed by atoms with E-state index in [1.807, 2.05) is 26.0 Å². The van der Waals surface area contributed by atoms with Crippen molar-refractivity contribution in [2.24, 2.45) is 16.6 Å². The van der Waals surface area contributed by atoms with Crippen molar-refractivity contribution in [3.63, 3.8) is 0 Å². The smallest absolute Gasteiger partial charge is 0.188 e. The first-order chi connectivity index (χ1) is 21.2. The Bertz CT molecular complexity index is 1550. The summed E-state index contributed by atoms with van der Waals surface area (Å²) in [4.78, 5) is 18.2. The van der Waals surface area contributed by atoms with Gasteiger partial charge in [-0.25, -0.2) is 4.39 Å². The average Bonchev–Trinajstić information content (AvgIpc) is 3.32. The lowest BCUT2D eigenvalue weighted by Crippen LogP contribution is -2.29. The van der Waals surface area contributed by atoms with Crippen molar-refractivity contribution >= 4 is 17.7 Å². The molecule has 0 spiro atoms. The van der Waals surface area contributed by atoms with Gasteiger partial charge in [-0.3, -0.25) is 9.79 Å². The number of aliphatic imine (C=N–C) groups is 1. The third-order valence-corrected chi connectivity index (χ3v) is 8.89. The monoisotopic (exact) mass is 597 g/mol. The number of Topliss-reactive ketones (excluding diaryl/α,β-unsaturated/α-hetero) is 1. The van der Waals surface area contributed by atoms with Gasteiger partial charge in [0.25, 0.3) is 0 Å². The van der Waals surface area contributed by atoms with E-state index >= 15 is 0 Å². The fraction of sp³-hybridized carbons (Fsp3) is 0.405. The third kappa shape index (κ3) is 7.32. The molecular formula is C37H44FN3O3.